The fourth-order valence-electron chi connectivity index (χ4n) is 0.604. The van der Waals surface area contributed by atoms with E-state index < -0.39 is 0 Å². The van der Waals surface area contributed by atoms with E-state index >= 15 is 0 Å². The fraction of sp³-hybridized carbons (Fsp3) is 1.00. The molecule has 1 unspecified atom stereocenters. The molecule has 0 saturated heterocycles. The zero-order valence-electron chi connectivity index (χ0n) is 7.62. The summed E-state index contributed by atoms with van der Waals surface area (Å²) in [7, 11) is 2.23. The van der Waals surface area contributed by atoms with Crippen molar-refractivity contribution in [2.45, 2.75) is 34.1 Å². The fourth-order valence-corrected chi connectivity index (χ4v) is 0.604. The highest BCUT2D eigenvalue weighted by molar-refractivity contribution is 4.16. The first-order valence-electron chi connectivity index (χ1n) is 4.12. The molecule has 0 radical (unpaired) electrons. The van der Waals surface area contributed by atoms with Gasteiger partial charge in [-0.1, -0.05) is 20.8 Å². The van der Waals surface area contributed by atoms with E-state index in [1.165, 1.54) is 19.5 Å². The van der Waals surface area contributed by atoms with E-state index in [4.69, 9.17) is 0 Å². The molecule has 1 atom stereocenters. The largest absolute Gasteiger partial charge is 0.338 e. The van der Waals surface area contributed by atoms with Crippen LogP contribution in [-0.4, -0.2) is 20.1 Å². The molecule has 0 heterocycles. The van der Waals surface area contributed by atoms with E-state index in [9.17, 15) is 0 Å². The van der Waals surface area contributed by atoms with Gasteiger partial charge < -0.3 is 4.90 Å². The van der Waals surface area contributed by atoms with E-state index in [0.717, 1.165) is 0 Å². The Bertz CT molecular complexity index is 35.5. The van der Waals surface area contributed by atoms with Gasteiger partial charge in [-0.2, -0.15) is 0 Å². The van der Waals surface area contributed by atoms with Gasteiger partial charge in [-0.15, -0.1) is 0 Å². The van der Waals surface area contributed by atoms with Crippen LogP contribution in [0.15, 0.2) is 0 Å². The van der Waals surface area contributed by atoms with Crippen molar-refractivity contribution in [1.82, 2.24) is 0 Å². The second kappa shape index (κ2) is 10.9. The van der Waals surface area contributed by atoms with Crippen molar-refractivity contribution in [3.05, 3.63) is 0 Å². The highest BCUT2D eigenvalue weighted by Crippen LogP contribution is 1.60. The molecule has 0 saturated carbocycles. The third-order valence-corrected chi connectivity index (χ3v) is 1.28. The van der Waals surface area contributed by atoms with Crippen LogP contribution in [0.4, 0.5) is 0 Å². The topological polar surface area (TPSA) is 4.44 Å². The minimum absolute atomic E-state index is 1.26. The van der Waals surface area contributed by atoms with Crippen LogP contribution >= 0.6 is 0 Å². The van der Waals surface area contributed by atoms with E-state index in [1.54, 1.807) is 4.90 Å². The summed E-state index contributed by atoms with van der Waals surface area (Å²) in [6.07, 6.45) is 1.31. The molecular weight excluding hydrogens is 110 g/mol. The molecule has 9 heavy (non-hydrogen) atoms. The predicted octanol–water partition coefficient (Wildman–Crippen LogP) is 0.957. The average Bonchev–Trinajstić information content (AvgIpc) is 1.93. The van der Waals surface area contributed by atoms with Crippen LogP contribution in [0.1, 0.15) is 34.1 Å². The normalized spacial score (nSPS) is 11.7. The molecular formula is C8H22N+. The molecule has 0 aliphatic rings. The van der Waals surface area contributed by atoms with Crippen molar-refractivity contribution in [2.24, 2.45) is 0 Å². The molecule has 1 heteroatoms. The van der Waals surface area contributed by atoms with E-state index in [1.807, 2.05) is 13.8 Å². The first-order valence-corrected chi connectivity index (χ1v) is 4.12. The van der Waals surface area contributed by atoms with Gasteiger partial charge in [0.15, 0.2) is 0 Å². The number of rotatable bonds is 3. The van der Waals surface area contributed by atoms with Crippen molar-refractivity contribution < 1.29 is 4.90 Å². The molecule has 0 aliphatic heterocycles. The minimum atomic E-state index is 1.26. The maximum absolute atomic E-state index is 2.23. The molecule has 0 aromatic carbocycles. The summed E-state index contributed by atoms with van der Waals surface area (Å²) >= 11 is 0. The third-order valence-electron chi connectivity index (χ3n) is 1.28. The van der Waals surface area contributed by atoms with Crippen molar-refractivity contribution in [2.75, 3.05) is 20.1 Å². The van der Waals surface area contributed by atoms with E-state index in [2.05, 4.69) is 20.9 Å². The van der Waals surface area contributed by atoms with Gasteiger partial charge in [0.05, 0.1) is 20.1 Å². The zero-order valence-corrected chi connectivity index (χ0v) is 7.62. The van der Waals surface area contributed by atoms with Crippen LogP contribution in [0.25, 0.3) is 0 Å². The van der Waals surface area contributed by atoms with Crippen molar-refractivity contribution in [3.63, 3.8) is 0 Å². The molecule has 0 aromatic rings. The predicted molar refractivity (Wildman–Crippen MR) is 43.9 cm³/mol. The lowest BCUT2D eigenvalue weighted by Crippen LogP contribution is -3.08. The second-order valence-corrected chi connectivity index (χ2v) is 2.06. The zero-order chi connectivity index (χ0) is 7.70. The second-order valence-electron chi connectivity index (χ2n) is 2.06. The average molecular weight is 132 g/mol. The lowest BCUT2D eigenvalue weighted by atomic mass is 10.4. The van der Waals surface area contributed by atoms with Crippen molar-refractivity contribution in [3.8, 4) is 0 Å². The van der Waals surface area contributed by atoms with Crippen LogP contribution in [0, 0.1) is 0 Å². The van der Waals surface area contributed by atoms with Gasteiger partial charge in [0.1, 0.15) is 0 Å². The van der Waals surface area contributed by atoms with Gasteiger partial charge in [-0.3, -0.25) is 0 Å². The number of nitrogens with one attached hydrogen (secondary N) is 1. The minimum Gasteiger partial charge on any atom is -0.338 e. The van der Waals surface area contributed by atoms with Crippen LogP contribution < -0.4 is 4.90 Å². The maximum Gasteiger partial charge on any atom is 0.0766 e. The van der Waals surface area contributed by atoms with Crippen LogP contribution in [-0.2, 0) is 0 Å². The SMILES string of the molecule is CC.CCC[NH+](C)CC. The highest BCUT2D eigenvalue weighted by Gasteiger charge is 1.90. The molecule has 0 fully saturated rings. The van der Waals surface area contributed by atoms with Crippen LogP contribution in [0.5, 0.6) is 0 Å². The van der Waals surface area contributed by atoms with E-state index in [-0.39, 0.29) is 0 Å². The molecule has 0 bridgehead atoms. The quantitative estimate of drug-likeness (QED) is 0.583. The standard InChI is InChI=1S/C6H15N.C2H6/c1-4-6-7(3)5-2;1-2/h4-6H2,1-3H3;1-2H3/p+1. The monoisotopic (exact) mass is 132 g/mol. The smallest absolute Gasteiger partial charge is 0.0766 e. The van der Waals surface area contributed by atoms with Crippen LogP contribution in [0.3, 0.4) is 0 Å². The Balaban J connectivity index is 0. The molecule has 0 amide bonds. The Labute approximate surface area is 60.1 Å². The Kier molecular flexibility index (Phi) is 14.1. The van der Waals surface area contributed by atoms with Gasteiger partial charge in [0.25, 0.3) is 0 Å². The summed E-state index contributed by atoms with van der Waals surface area (Å²) in [6.45, 7) is 11.0. The molecule has 1 nitrogen and oxygen atoms in total. The van der Waals surface area contributed by atoms with Gasteiger partial charge in [-0.05, 0) is 13.3 Å². The maximum atomic E-state index is 2.23. The summed E-state index contributed by atoms with van der Waals surface area (Å²) in [4.78, 5) is 1.63. The first kappa shape index (κ1) is 11.7. The Morgan fingerprint density at radius 2 is 1.56 bits per heavy atom. The van der Waals surface area contributed by atoms with Gasteiger partial charge in [0.2, 0.25) is 0 Å². The summed E-state index contributed by atoms with van der Waals surface area (Å²) in [5, 5.41) is 0. The Morgan fingerprint density at radius 1 is 1.11 bits per heavy atom. The van der Waals surface area contributed by atoms with Gasteiger partial charge >= 0.3 is 0 Å². The molecule has 0 rings (SSSR count). The molecule has 1 N–H and O–H groups in total. The number of hydrogen-bond acceptors (Lipinski definition) is 0. The van der Waals surface area contributed by atoms with Crippen molar-refractivity contribution in [1.29, 1.82) is 0 Å². The number of quaternary nitrogens is 1. The summed E-state index contributed by atoms with van der Waals surface area (Å²) in [5.74, 6) is 0. The third kappa shape index (κ3) is 11.5. The van der Waals surface area contributed by atoms with Crippen LogP contribution in [0.2, 0.25) is 0 Å². The Morgan fingerprint density at radius 3 is 1.67 bits per heavy atom. The summed E-state index contributed by atoms with van der Waals surface area (Å²) < 4.78 is 0. The Hall–Kier alpha value is -0.0400. The summed E-state index contributed by atoms with van der Waals surface area (Å²) in [5.41, 5.74) is 0. The molecule has 58 valence electrons. The first-order chi connectivity index (χ1) is 4.31. The molecule has 0 aliphatic carbocycles. The lowest BCUT2D eigenvalue weighted by molar-refractivity contribution is -0.877. The summed E-state index contributed by atoms with van der Waals surface area (Å²) in [6, 6.07) is 0. The highest BCUT2D eigenvalue weighted by atomic mass is 15.1. The van der Waals surface area contributed by atoms with E-state index in [0.29, 0.717) is 0 Å². The van der Waals surface area contributed by atoms with Gasteiger partial charge in [0, 0.05) is 0 Å². The van der Waals surface area contributed by atoms with Gasteiger partial charge in [-0.25, -0.2) is 0 Å². The number of hydrogen-bond donors (Lipinski definition) is 1. The lowest BCUT2D eigenvalue weighted by Gasteiger charge is -2.07. The van der Waals surface area contributed by atoms with Crippen molar-refractivity contribution >= 4 is 0 Å². The molecule has 0 aromatic heterocycles. The molecule has 0 spiro atoms.